The molecular weight excluding hydrogens is 899 g/mol. The summed E-state index contributed by atoms with van der Waals surface area (Å²) in [4.78, 5) is 16.5. The molecule has 0 fully saturated rings. The second-order valence-electron chi connectivity index (χ2n) is 19.1. The molecule has 5 nitrogen and oxygen atoms in total. The first-order valence-corrected chi connectivity index (χ1v) is 25.2. The van der Waals surface area contributed by atoms with Crippen molar-refractivity contribution in [3.05, 3.63) is 261 Å². The van der Waals surface area contributed by atoms with Gasteiger partial charge in [-0.1, -0.05) is 200 Å². The third-order valence-electron chi connectivity index (χ3n) is 14.9. The molecule has 3 heterocycles. The van der Waals surface area contributed by atoms with Gasteiger partial charge in [0.2, 0.25) is 0 Å². The zero-order valence-corrected chi connectivity index (χ0v) is 40.1. The SMILES string of the molecule is c1ccc(-c2ccc3c(-c4nc(-c5ccccc5)nc(-c5cccc6c7ccccc7n(-c7ccccc7)c56)n4)cc(-c4ccccc4)c(-n4c5cc6ccccc6cc5c5cc6ccccc6cc54)c3c2)cc1. The van der Waals surface area contributed by atoms with Crippen LogP contribution in [0.3, 0.4) is 0 Å². The van der Waals surface area contributed by atoms with E-state index >= 15 is 0 Å². The molecule has 0 aliphatic rings. The van der Waals surface area contributed by atoms with Crippen LogP contribution in [-0.2, 0) is 0 Å². The van der Waals surface area contributed by atoms with Crippen LogP contribution >= 0.6 is 0 Å². The maximum absolute atomic E-state index is 5.64. The maximum Gasteiger partial charge on any atom is 0.166 e. The molecule has 0 aliphatic heterocycles. The largest absolute Gasteiger partial charge is 0.309 e. The van der Waals surface area contributed by atoms with Gasteiger partial charge in [-0.05, 0) is 104 Å². The molecule has 0 radical (unpaired) electrons. The van der Waals surface area contributed by atoms with Crippen LogP contribution in [0, 0.1) is 0 Å². The fourth-order valence-corrected chi connectivity index (χ4v) is 11.5. The standard InChI is InChI=1S/C69H43N5/c1-5-20-44(21-6-1)51-36-37-53-60(40-51)66(74-63-41-49-28-15-13-26-47(49)38-58(63)59-39-48-27-14-16-29-50(48)42-64(59)74)57(45-22-7-2-8-23-45)43-61(53)69-71-67(46-24-9-3-10-25-46)70-68(72-69)56-34-19-33-55-54-32-17-18-35-62(54)73(65(55)56)52-30-11-4-12-31-52/h1-43H. The summed E-state index contributed by atoms with van der Waals surface area (Å²) in [5.41, 5.74) is 13.7. The summed E-state index contributed by atoms with van der Waals surface area (Å²) < 4.78 is 4.89. The van der Waals surface area contributed by atoms with E-state index in [4.69, 9.17) is 15.0 Å². The van der Waals surface area contributed by atoms with Crippen LogP contribution in [0.25, 0.3) is 144 Å². The highest BCUT2D eigenvalue weighted by Crippen LogP contribution is 2.46. The predicted molar refractivity (Wildman–Crippen MR) is 308 cm³/mol. The van der Waals surface area contributed by atoms with E-state index in [0.29, 0.717) is 17.5 Å². The number of nitrogens with zero attached hydrogens (tertiary/aromatic N) is 5. The lowest BCUT2D eigenvalue weighted by molar-refractivity contribution is 1.07. The molecule has 12 aromatic carbocycles. The third kappa shape index (κ3) is 6.68. The van der Waals surface area contributed by atoms with Crippen molar-refractivity contribution in [2.75, 3.05) is 0 Å². The minimum absolute atomic E-state index is 0.591. The van der Waals surface area contributed by atoms with Crippen LogP contribution in [0.15, 0.2) is 261 Å². The Hall–Kier alpha value is -9.97. The molecule has 0 unspecified atom stereocenters. The lowest BCUT2D eigenvalue weighted by Crippen LogP contribution is -2.04. The smallest absolute Gasteiger partial charge is 0.166 e. The van der Waals surface area contributed by atoms with Crippen LogP contribution in [0.1, 0.15) is 0 Å². The lowest BCUT2D eigenvalue weighted by Gasteiger charge is -2.21. The highest BCUT2D eigenvalue weighted by atomic mass is 15.1. The van der Waals surface area contributed by atoms with E-state index in [0.717, 1.165) is 88.5 Å². The average molecular weight is 942 g/mol. The molecule has 0 atom stereocenters. The van der Waals surface area contributed by atoms with Gasteiger partial charge in [-0.3, -0.25) is 0 Å². The van der Waals surface area contributed by atoms with Gasteiger partial charge in [0.05, 0.1) is 27.8 Å². The maximum atomic E-state index is 5.64. The van der Waals surface area contributed by atoms with E-state index in [-0.39, 0.29) is 0 Å². The first kappa shape index (κ1) is 41.8. The minimum atomic E-state index is 0.591. The van der Waals surface area contributed by atoms with Gasteiger partial charge in [0.15, 0.2) is 17.5 Å². The molecule has 344 valence electrons. The number of hydrogen-bond acceptors (Lipinski definition) is 3. The molecule has 0 amide bonds. The Kier molecular flexibility index (Phi) is 9.50. The van der Waals surface area contributed by atoms with Crippen molar-refractivity contribution in [2.24, 2.45) is 0 Å². The Labute approximate surface area is 426 Å². The van der Waals surface area contributed by atoms with E-state index in [1.165, 1.54) is 37.7 Å². The molecule has 15 aromatic rings. The average Bonchev–Trinajstić information content (AvgIpc) is 3.98. The molecule has 15 rings (SSSR count). The summed E-state index contributed by atoms with van der Waals surface area (Å²) >= 11 is 0. The zero-order valence-electron chi connectivity index (χ0n) is 40.1. The molecule has 0 aliphatic carbocycles. The van der Waals surface area contributed by atoms with Crippen LogP contribution < -0.4 is 0 Å². The van der Waals surface area contributed by atoms with Crippen LogP contribution in [-0.4, -0.2) is 24.1 Å². The summed E-state index contributed by atoms with van der Waals surface area (Å²) in [6.45, 7) is 0. The Morgan fingerprint density at radius 1 is 0.243 bits per heavy atom. The van der Waals surface area contributed by atoms with Crippen molar-refractivity contribution in [1.82, 2.24) is 24.1 Å². The Morgan fingerprint density at radius 3 is 1.41 bits per heavy atom. The van der Waals surface area contributed by atoms with Gasteiger partial charge in [-0.2, -0.15) is 0 Å². The Morgan fingerprint density at radius 2 is 0.757 bits per heavy atom. The van der Waals surface area contributed by atoms with E-state index in [9.17, 15) is 0 Å². The van der Waals surface area contributed by atoms with E-state index < -0.39 is 0 Å². The molecule has 0 saturated carbocycles. The molecule has 0 spiro atoms. The van der Waals surface area contributed by atoms with E-state index in [1.54, 1.807) is 0 Å². The van der Waals surface area contributed by atoms with Gasteiger partial charge in [0.1, 0.15) is 0 Å². The minimum Gasteiger partial charge on any atom is -0.309 e. The highest BCUT2D eigenvalue weighted by Gasteiger charge is 2.25. The quantitative estimate of drug-likeness (QED) is 0.160. The second-order valence-corrected chi connectivity index (χ2v) is 19.1. The second kappa shape index (κ2) is 16.8. The van der Waals surface area contributed by atoms with E-state index in [1.807, 2.05) is 18.2 Å². The van der Waals surface area contributed by atoms with Crippen molar-refractivity contribution >= 4 is 75.9 Å². The Bertz CT molecular complexity index is 4600. The fraction of sp³-hybridized carbons (Fsp3) is 0. The summed E-state index contributed by atoms with van der Waals surface area (Å²) in [5, 5.41) is 11.6. The van der Waals surface area contributed by atoms with Crippen LogP contribution in [0.4, 0.5) is 0 Å². The topological polar surface area (TPSA) is 48.5 Å². The summed E-state index contributed by atoms with van der Waals surface area (Å²) in [6, 6.07) is 93.8. The van der Waals surface area contributed by atoms with Crippen molar-refractivity contribution in [1.29, 1.82) is 0 Å². The highest BCUT2D eigenvalue weighted by molar-refractivity contribution is 6.19. The van der Waals surface area contributed by atoms with Gasteiger partial charge >= 0.3 is 0 Å². The first-order valence-electron chi connectivity index (χ1n) is 25.2. The van der Waals surface area contributed by atoms with Crippen molar-refractivity contribution in [3.8, 4) is 67.8 Å². The van der Waals surface area contributed by atoms with Crippen LogP contribution in [0.5, 0.6) is 0 Å². The molecule has 3 aromatic heterocycles. The summed E-state index contributed by atoms with van der Waals surface area (Å²) in [6.07, 6.45) is 0. The summed E-state index contributed by atoms with van der Waals surface area (Å²) in [5.74, 6) is 1.79. The molecule has 5 heteroatoms. The molecule has 0 N–H and O–H groups in total. The predicted octanol–water partition coefficient (Wildman–Crippen LogP) is 17.9. The van der Waals surface area contributed by atoms with Gasteiger partial charge in [-0.15, -0.1) is 0 Å². The normalized spacial score (nSPS) is 11.8. The molecule has 0 saturated heterocycles. The summed E-state index contributed by atoms with van der Waals surface area (Å²) in [7, 11) is 0. The lowest BCUT2D eigenvalue weighted by atomic mass is 9.91. The van der Waals surface area contributed by atoms with Crippen molar-refractivity contribution in [3.63, 3.8) is 0 Å². The van der Waals surface area contributed by atoms with Crippen molar-refractivity contribution in [2.45, 2.75) is 0 Å². The number of rotatable bonds is 7. The molecule has 74 heavy (non-hydrogen) atoms. The van der Waals surface area contributed by atoms with Crippen molar-refractivity contribution < 1.29 is 0 Å². The van der Waals surface area contributed by atoms with Gasteiger partial charge < -0.3 is 9.13 Å². The van der Waals surface area contributed by atoms with E-state index in [2.05, 4.69) is 252 Å². The number of benzene rings is 12. The first-order chi connectivity index (χ1) is 36.7. The zero-order chi connectivity index (χ0) is 48.7. The van der Waals surface area contributed by atoms with Gasteiger partial charge in [-0.25, -0.2) is 15.0 Å². The number of hydrogen-bond donors (Lipinski definition) is 0. The Balaban J connectivity index is 1.09. The molecule has 0 bridgehead atoms. The number of fused-ring (bicyclic) bond motifs is 9. The van der Waals surface area contributed by atoms with Gasteiger partial charge in [0, 0.05) is 54.9 Å². The monoisotopic (exact) mass is 941 g/mol. The number of para-hydroxylation sites is 3. The fourth-order valence-electron chi connectivity index (χ4n) is 11.5. The molecular formula is C69H43N5. The van der Waals surface area contributed by atoms with Gasteiger partial charge in [0.25, 0.3) is 0 Å². The number of aromatic nitrogens is 5. The van der Waals surface area contributed by atoms with Crippen LogP contribution in [0.2, 0.25) is 0 Å². The third-order valence-corrected chi connectivity index (χ3v) is 14.9.